The highest BCUT2D eigenvalue weighted by atomic mass is 16.5. The molecule has 0 radical (unpaired) electrons. The summed E-state index contributed by atoms with van der Waals surface area (Å²) in [6, 6.07) is 27.3. The Morgan fingerprint density at radius 3 is 2.29 bits per heavy atom. The number of hydrazone groups is 1. The molecule has 1 N–H and O–H groups in total. The lowest BCUT2D eigenvalue weighted by molar-refractivity contribution is 0.0734. The molecular formula is C26H20N2O3. The highest BCUT2D eigenvalue weighted by molar-refractivity contribution is 6.04. The van der Waals surface area contributed by atoms with Gasteiger partial charge in [0.05, 0.1) is 11.8 Å². The summed E-state index contributed by atoms with van der Waals surface area (Å²) >= 11 is 0. The van der Waals surface area contributed by atoms with Crippen molar-refractivity contribution in [1.82, 2.24) is 5.43 Å². The van der Waals surface area contributed by atoms with E-state index in [4.69, 9.17) is 4.74 Å². The van der Waals surface area contributed by atoms with Crippen LogP contribution in [0.2, 0.25) is 0 Å². The van der Waals surface area contributed by atoms with E-state index in [1.807, 2.05) is 55.5 Å². The second-order valence-corrected chi connectivity index (χ2v) is 7.02. The van der Waals surface area contributed by atoms with Gasteiger partial charge in [-0.2, -0.15) is 5.10 Å². The van der Waals surface area contributed by atoms with Crippen LogP contribution in [-0.4, -0.2) is 18.1 Å². The standard InChI is InChI=1S/C26H20N2O3/c1-18-11-13-20(14-12-18)25(29)28-27-17-23-22-10-6-5-7-19(22)15-16-24(23)31-26(30)21-8-3-2-4-9-21/h2-17H,1H3,(H,28,29)/b27-17+. The molecule has 152 valence electrons. The number of hydrogen-bond acceptors (Lipinski definition) is 4. The Labute approximate surface area is 180 Å². The largest absolute Gasteiger partial charge is 0.422 e. The number of esters is 1. The van der Waals surface area contributed by atoms with Crippen molar-refractivity contribution in [3.8, 4) is 5.75 Å². The maximum Gasteiger partial charge on any atom is 0.343 e. The minimum absolute atomic E-state index is 0.320. The van der Waals surface area contributed by atoms with Gasteiger partial charge in [-0.3, -0.25) is 4.79 Å². The highest BCUT2D eigenvalue weighted by Gasteiger charge is 2.13. The number of nitrogens with one attached hydrogen (secondary N) is 1. The van der Waals surface area contributed by atoms with Gasteiger partial charge in [-0.15, -0.1) is 0 Å². The van der Waals surface area contributed by atoms with Crippen LogP contribution in [0, 0.1) is 6.92 Å². The van der Waals surface area contributed by atoms with Crippen molar-refractivity contribution in [1.29, 1.82) is 0 Å². The fourth-order valence-electron chi connectivity index (χ4n) is 3.16. The lowest BCUT2D eigenvalue weighted by Gasteiger charge is -2.10. The van der Waals surface area contributed by atoms with Gasteiger partial charge in [-0.05, 0) is 48.0 Å². The van der Waals surface area contributed by atoms with Crippen LogP contribution in [0.25, 0.3) is 10.8 Å². The van der Waals surface area contributed by atoms with E-state index < -0.39 is 5.97 Å². The van der Waals surface area contributed by atoms with E-state index in [1.54, 1.807) is 42.5 Å². The predicted octanol–water partition coefficient (Wildman–Crippen LogP) is 5.13. The van der Waals surface area contributed by atoms with E-state index in [-0.39, 0.29) is 5.91 Å². The Morgan fingerprint density at radius 1 is 0.806 bits per heavy atom. The van der Waals surface area contributed by atoms with E-state index >= 15 is 0 Å². The van der Waals surface area contributed by atoms with Crippen LogP contribution < -0.4 is 10.2 Å². The van der Waals surface area contributed by atoms with Gasteiger partial charge in [-0.1, -0.05) is 66.2 Å². The molecule has 4 aromatic rings. The molecule has 0 aliphatic rings. The van der Waals surface area contributed by atoms with E-state index in [9.17, 15) is 9.59 Å². The van der Waals surface area contributed by atoms with E-state index in [0.717, 1.165) is 16.3 Å². The van der Waals surface area contributed by atoms with Gasteiger partial charge in [-0.25, -0.2) is 10.2 Å². The molecule has 0 unspecified atom stereocenters. The second kappa shape index (κ2) is 9.05. The number of ether oxygens (including phenoxy) is 1. The lowest BCUT2D eigenvalue weighted by atomic mass is 10.0. The Hall–Kier alpha value is -4.25. The summed E-state index contributed by atoms with van der Waals surface area (Å²) in [5.74, 6) is -0.422. The molecule has 0 atom stereocenters. The fraction of sp³-hybridized carbons (Fsp3) is 0.0385. The van der Waals surface area contributed by atoms with Gasteiger partial charge < -0.3 is 4.74 Å². The maximum atomic E-state index is 12.6. The number of fused-ring (bicyclic) bond motifs is 1. The zero-order valence-corrected chi connectivity index (χ0v) is 16.9. The van der Waals surface area contributed by atoms with Gasteiger partial charge in [0.2, 0.25) is 0 Å². The van der Waals surface area contributed by atoms with Gasteiger partial charge in [0, 0.05) is 11.1 Å². The number of amides is 1. The highest BCUT2D eigenvalue weighted by Crippen LogP contribution is 2.27. The third kappa shape index (κ3) is 4.67. The molecule has 1 amide bonds. The van der Waals surface area contributed by atoms with E-state index in [2.05, 4.69) is 10.5 Å². The Morgan fingerprint density at radius 2 is 1.52 bits per heavy atom. The normalized spacial score (nSPS) is 10.9. The minimum Gasteiger partial charge on any atom is -0.422 e. The van der Waals surface area contributed by atoms with Crippen LogP contribution in [0.3, 0.4) is 0 Å². The molecule has 0 saturated carbocycles. The summed E-state index contributed by atoms with van der Waals surface area (Å²) in [6.45, 7) is 1.96. The van der Waals surface area contributed by atoms with E-state index in [1.165, 1.54) is 6.21 Å². The van der Waals surface area contributed by atoms with Crippen LogP contribution in [0.4, 0.5) is 0 Å². The van der Waals surface area contributed by atoms with Crippen LogP contribution in [-0.2, 0) is 0 Å². The number of aryl methyl sites for hydroxylation is 1. The summed E-state index contributed by atoms with van der Waals surface area (Å²) in [4.78, 5) is 24.9. The molecule has 0 saturated heterocycles. The van der Waals surface area contributed by atoms with Crippen LogP contribution in [0.15, 0.2) is 96.1 Å². The van der Waals surface area contributed by atoms with Gasteiger partial charge in [0.25, 0.3) is 5.91 Å². The topological polar surface area (TPSA) is 67.8 Å². The molecule has 0 heterocycles. The molecule has 0 spiro atoms. The van der Waals surface area contributed by atoms with Crippen molar-refractivity contribution >= 4 is 28.9 Å². The zero-order valence-electron chi connectivity index (χ0n) is 16.9. The Balaban J connectivity index is 1.62. The first kappa shape index (κ1) is 20.0. The summed E-state index contributed by atoms with van der Waals surface area (Å²) in [6.07, 6.45) is 1.50. The van der Waals surface area contributed by atoms with Crippen LogP contribution in [0.1, 0.15) is 31.8 Å². The summed E-state index contributed by atoms with van der Waals surface area (Å²) < 4.78 is 5.65. The Kier molecular flexibility index (Phi) is 5.85. The molecule has 0 fully saturated rings. The predicted molar refractivity (Wildman–Crippen MR) is 122 cm³/mol. The monoisotopic (exact) mass is 408 g/mol. The van der Waals surface area contributed by atoms with Gasteiger partial charge in [0.15, 0.2) is 0 Å². The first-order chi connectivity index (χ1) is 15.1. The number of hydrogen-bond donors (Lipinski definition) is 1. The average molecular weight is 408 g/mol. The van der Waals surface area contributed by atoms with E-state index in [0.29, 0.717) is 22.4 Å². The first-order valence-electron chi connectivity index (χ1n) is 9.81. The van der Waals surface area contributed by atoms with Crippen LogP contribution in [0.5, 0.6) is 5.75 Å². The van der Waals surface area contributed by atoms with Crippen molar-refractivity contribution in [3.05, 3.63) is 113 Å². The van der Waals surface area contributed by atoms with Crippen molar-refractivity contribution in [2.24, 2.45) is 5.10 Å². The summed E-state index contributed by atoms with van der Waals surface area (Å²) in [5.41, 5.74) is 5.17. The number of nitrogens with zero attached hydrogens (tertiary/aromatic N) is 1. The third-order valence-corrected chi connectivity index (χ3v) is 4.82. The maximum absolute atomic E-state index is 12.6. The molecular weight excluding hydrogens is 388 g/mol. The molecule has 4 rings (SSSR count). The van der Waals surface area contributed by atoms with Crippen LogP contribution >= 0.6 is 0 Å². The molecule has 0 bridgehead atoms. The van der Waals surface area contributed by atoms with Gasteiger partial charge >= 0.3 is 5.97 Å². The molecule has 5 heteroatoms. The van der Waals surface area contributed by atoms with Gasteiger partial charge in [0.1, 0.15) is 5.75 Å². The second-order valence-electron chi connectivity index (χ2n) is 7.02. The number of carbonyl (C=O) groups is 2. The van der Waals surface area contributed by atoms with Crippen molar-refractivity contribution in [3.63, 3.8) is 0 Å². The molecule has 0 aromatic heterocycles. The lowest BCUT2D eigenvalue weighted by Crippen LogP contribution is -2.17. The molecule has 4 aromatic carbocycles. The molecule has 31 heavy (non-hydrogen) atoms. The number of benzene rings is 4. The number of rotatable bonds is 5. The average Bonchev–Trinajstić information content (AvgIpc) is 2.81. The number of carbonyl (C=O) groups excluding carboxylic acids is 2. The summed E-state index contributed by atoms with van der Waals surface area (Å²) in [5, 5.41) is 5.94. The third-order valence-electron chi connectivity index (χ3n) is 4.82. The van der Waals surface area contributed by atoms with Crippen molar-refractivity contribution in [2.75, 3.05) is 0 Å². The SMILES string of the molecule is Cc1ccc(C(=O)N/N=C/c2c(OC(=O)c3ccccc3)ccc3ccccc23)cc1. The Bertz CT molecular complexity index is 1260. The zero-order chi connectivity index (χ0) is 21.6. The molecule has 0 aliphatic carbocycles. The minimum atomic E-state index is -0.464. The summed E-state index contributed by atoms with van der Waals surface area (Å²) in [7, 11) is 0. The smallest absolute Gasteiger partial charge is 0.343 e. The van der Waals surface area contributed by atoms with Crippen molar-refractivity contribution < 1.29 is 14.3 Å². The quantitative estimate of drug-likeness (QED) is 0.215. The molecule has 5 nitrogen and oxygen atoms in total. The fourth-order valence-corrected chi connectivity index (χ4v) is 3.16. The molecule has 0 aliphatic heterocycles. The van der Waals surface area contributed by atoms with Crippen molar-refractivity contribution in [2.45, 2.75) is 6.92 Å². The first-order valence-corrected chi connectivity index (χ1v) is 9.81.